The van der Waals surface area contributed by atoms with Crippen molar-refractivity contribution in [2.24, 2.45) is 0 Å². The minimum Gasteiger partial charge on any atom is -0.493 e. The third-order valence-electron chi connectivity index (χ3n) is 3.40. The Kier molecular flexibility index (Phi) is 5.19. The van der Waals surface area contributed by atoms with E-state index in [0.29, 0.717) is 6.54 Å². The molecule has 134 valence electrons. The number of amides is 1. The Hall–Kier alpha value is -2.39. The van der Waals surface area contributed by atoms with E-state index in [2.05, 4.69) is 10.4 Å². The van der Waals surface area contributed by atoms with Crippen molar-refractivity contribution in [1.29, 1.82) is 0 Å². The molecular formula is C15H16ClN3O5S. The normalized spacial score (nSPS) is 11.4. The van der Waals surface area contributed by atoms with Crippen molar-refractivity contribution >= 4 is 38.8 Å². The lowest BCUT2D eigenvalue weighted by molar-refractivity contribution is -0.114. The highest BCUT2D eigenvalue weighted by molar-refractivity contribution is 7.90. The van der Waals surface area contributed by atoms with Crippen LogP contribution in [0.5, 0.6) is 5.88 Å². The third kappa shape index (κ3) is 3.67. The first-order valence-electron chi connectivity index (χ1n) is 7.17. The smallest absolute Gasteiger partial charge is 0.221 e. The molecule has 0 aliphatic heterocycles. The van der Waals surface area contributed by atoms with Gasteiger partial charge in [0.2, 0.25) is 17.6 Å². The third-order valence-corrected chi connectivity index (χ3v) is 4.94. The largest absolute Gasteiger partial charge is 0.493 e. The number of halogens is 1. The number of sulfone groups is 1. The first-order chi connectivity index (χ1) is 11.6. The highest BCUT2D eigenvalue weighted by Gasteiger charge is 2.25. The maximum Gasteiger partial charge on any atom is 0.221 e. The molecule has 0 unspecified atom stereocenters. The molecule has 25 heavy (non-hydrogen) atoms. The second kappa shape index (κ2) is 6.85. The summed E-state index contributed by atoms with van der Waals surface area (Å²) in [5.74, 6) is -1.51. The Morgan fingerprint density at radius 3 is 2.44 bits per heavy atom. The molecule has 0 atom stereocenters. The number of benzene rings is 1. The molecule has 0 aliphatic rings. The molecule has 2 aromatic rings. The van der Waals surface area contributed by atoms with Gasteiger partial charge < -0.3 is 10.4 Å². The molecule has 10 heteroatoms. The van der Waals surface area contributed by atoms with Gasteiger partial charge in [0, 0.05) is 25.3 Å². The van der Waals surface area contributed by atoms with Crippen molar-refractivity contribution in [2.45, 2.75) is 25.3 Å². The lowest BCUT2D eigenvalue weighted by atomic mass is 10.0. The second-order valence-electron chi connectivity index (χ2n) is 5.28. The highest BCUT2D eigenvalue weighted by Crippen LogP contribution is 2.35. The Bertz CT molecular complexity index is 966. The second-order valence-corrected chi connectivity index (χ2v) is 7.64. The Morgan fingerprint density at radius 1 is 1.32 bits per heavy atom. The topological polar surface area (TPSA) is 118 Å². The first kappa shape index (κ1) is 18.9. The number of carbonyl (C=O) groups excluding carboxylic acids is 2. The highest BCUT2D eigenvalue weighted by atomic mass is 35.5. The Balaban J connectivity index is 2.64. The van der Waals surface area contributed by atoms with Gasteiger partial charge in [-0.05, 0) is 19.1 Å². The van der Waals surface area contributed by atoms with Gasteiger partial charge >= 0.3 is 0 Å². The number of carbonyl (C=O) groups is 2. The van der Waals surface area contributed by atoms with E-state index in [9.17, 15) is 23.1 Å². The van der Waals surface area contributed by atoms with Gasteiger partial charge in [-0.2, -0.15) is 5.10 Å². The zero-order chi connectivity index (χ0) is 18.9. The number of ketones is 1. The standard InChI is InChI=1S/C15H16ClN3O5S/c1-4-19-15(22)10(7-17-19)14(21)9-5-6-11(25(3,23)24)13(12(9)16)18-8(2)20/h5-7,22H,4H2,1-3H3,(H,18,20). The summed E-state index contributed by atoms with van der Waals surface area (Å²) in [4.78, 5) is 23.8. The van der Waals surface area contributed by atoms with E-state index in [4.69, 9.17) is 11.6 Å². The number of hydrogen-bond donors (Lipinski definition) is 2. The number of rotatable bonds is 5. The fraction of sp³-hybridized carbons (Fsp3) is 0.267. The van der Waals surface area contributed by atoms with E-state index >= 15 is 0 Å². The number of hydrogen-bond acceptors (Lipinski definition) is 6. The lowest BCUT2D eigenvalue weighted by Gasteiger charge is -2.13. The molecule has 0 fully saturated rings. The lowest BCUT2D eigenvalue weighted by Crippen LogP contribution is -2.13. The van der Waals surface area contributed by atoms with Crippen molar-refractivity contribution in [3.05, 3.63) is 34.5 Å². The van der Waals surface area contributed by atoms with Gasteiger partial charge in [-0.15, -0.1) is 0 Å². The average molecular weight is 386 g/mol. The van der Waals surface area contributed by atoms with Crippen molar-refractivity contribution in [2.75, 3.05) is 11.6 Å². The van der Waals surface area contributed by atoms with Crippen LogP contribution in [0.15, 0.2) is 23.2 Å². The number of nitrogens with one attached hydrogen (secondary N) is 1. The summed E-state index contributed by atoms with van der Waals surface area (Å²) in [6.45, 7) is 3.29. The van der Waals surface area contributed by atoms with Gasteiger partial charge in [-0.1, -0.05) is 11.6 Å². The summed E-state index contributed by atoms with van der Waals surface area (Å²) in [6.07, 6.45) is 2.16. The predicted octanol–water partition coefficient (Wildman–Crippen LogP) is 1.85. The summed E-state index contributed by atoms with van der Waals surface area (Å²) in [5, 5.41) is 16.0. The summed E-state index contributed by atoms with van der Waals surface area (Å²) in [7, 11) is -3.69. The van der Waals surface area contributed by atoms with E-state index in [0.717, 1.165) is 6.26 Å². The van der Waals surface area contributed by atoms with E-state index in [1.807, 2.05) is 0 Å². The van der Waals surface area contributed by atoms with Crippen molar-refractivity contribution in [1.82, 2.24) is 9.78 Å². The van der Waals surface area contributed by atoms with Crippen LogP contribution in [0.1, 0.15) is 29.8 Å². The van der Waals surface area contributed by atoms with Gasteiger partial charge in [0.15, 0.2) is 9.84 Å². The molecule has 0 radical (unpaired) electrons. The molecular weight excluding hydrogens is 370 g/mol. The van der Waals surface area contributed by atoms with Crippen LogP contribution in [0.3, 0.4) is 0 Å². The summed E-state index contributed by atoms with van der Waals surface area (Å²) in [5.41, 5.74) is -0.321. The monoisotopic (exact) mass is 385 g/mol. The first-order valence-corrected chi connectivity index (χ1v) is 9.44. The molecule has 1 aromatic heterocycles. The van der Waals surface area contributed by atoms with Crippen molar-refractivity contribution in [3.8, 4) is 5.88 Å². The van der Waals surface area contributed by atoms with Crippen LogP contribution in [0.2, 0.25) is 5.02 Å². The number of aromatic nitrogens is 2. The van der Waals surface area contributed by atoms with E-state index in [-0.39, 0.29) is 32.6 Å². The maximum atomic E-state index is 12.7. The number of aromatic hydroxyl groups is 1. The predicted molar refractivity (Wildman–Crippen MR) is 91.9 cm³/mol. The molecule has 1 heterocycles. The summed E-state index contributed by atoms with van der Waals surface area (Å²) in [6, 6.07) is 2.41. The van der Waals surface area contributed by atoms with Crippen LogP contribution in [-0.2, 0) is 21.2 Å². The van der Waals surface area contributed by atoms with Gasteiger partial charge in [-0.25, -0.2) is 13.1 Å². The van der Waals surface area contributed by atoms with Crippen LogP contribution in [0, 0.1) is 0 Å². The van der Waals surface area contributed by atoms with Crippen molar-refractivity contribution in [3.63, 3.8) is 0 Å². The molecule has 2 N–H and O–H groups in total. The van der Waals surface area contributed by atoms with Gasteiger partial charge in [0.1, 0.15) is 5.56 Å². The molecule has 1 aromatic carbocycles. The molecule has 0 bridgehead atoms. The zero-order valence-corrected chi connectivity index (χ0v) is 15.3. The Labute approximate surface area is 149 Å². The summed E-state index contributed by atoms with van der Waals surface area (Å²) >= 11 is 6.19. The molecule has 8 nitrogen and oxygen atoms in total. The van der Waals surface area contributed by atoms with E-state index in [1.54, 1.807) is 6.92 Å². The molecule has 1 amide bonds. The number of nitrogens with zero attached hydrogens (tertiary/aromatic N) is 2. The maximum absolute atomic E-state index is 12.7. The van der Waals surface area contributed by atoms with Crippen LogP contribution in [0.4, 0.5) is 5.69 Å². The molecule has 0 saturated heterocycles. The zero-order valence-electron chi connectivity index (χ0n) is 13.7. The fourth-order valence-electron chi connectivity index (χ4n) is 2.25. The fourth-order valence-corrected chi connectivity index (χ4v) is 3.44. The van der Waals surface area contributed by atoms with Gasteiger partial charge in [0.05, 0.1) is 21.8 Å². The molecule has 0 spiro atoms. The average Bonchev–Trinajstić information content (AvgIpc) is 2.87. The van der Waals surface area contributed by atoms with Crippen LogP contribution < -0.4 is 5.32 Å². The van der Waals surface area contributed by atoms with Crippen molar-refractivity contribution < 1.29 is 23.1 Å². The van der Waals surface area contributed by atoms with Crippen LogP contribution in [-0.4, -0.2) is 41.3 Å². The minimum atomic E-state index is -3.69. The molecule has 0 aliphatic carbocycles. The molecule has 0 saturated carbocycles. The molecule has 2 rings (SSSR count). The van der Waals surface area contributed by atoms with Gasteiger partial charge in [-0.3, -0.25) is 9.59 Å². The van der Waals surface area contributed by atoms with E-state index < -0.39 is 21.5 Å². The van der Waals surface area contributed by atoms with Gasteiger partial charge in [0.25, 0.3) is 0 Å². The quantitative estimate of drug-likeness (QED) is 0.758. The number of anilines is 1. The minimum absolute atomic E-state index is 0.0660. The Morgan fingerprint density at radius 2 is 1.96 bits per heavy atom. The van der Waals surface area contributed by atoms with Crippen LogP contribution >= 0.6 is 11.6 Å². The number of aryl methyl sites for hydroxylation is 1. The summed E-state index contributed by atoms with van der Waals surface area (Å²) < 4.78 is 25.0. The van der Waals surface area contributed by atoms with E-state index in [1.165, 1.54) is 29.9 Å². The van der Waals surface area contributed by atoms with Crippen LogP contribution in [0.25, 0.3) is 0 Å². The SMILES string of the molecule is CCn1ncc(C(=O)c2ccc(S(C)(=O)=O)c(NC(C)=O)c2Cl)c1O.